The molecule has 5 heteroatoms. The number of hydrogen-bond acceptors (Lipinski definition) is 4. The third-order valence-corrected chi connectivity index (χ3v) is 7.26. The minimum absolute atomic E-state index is 0.369. The number of likely N-dealkylation sites (tertiary alicyclic amines) is 1. The fourth-order valence-electron chi connectivity index (χ4n) is 5.03. The molecule has 0 bridgehead atoms. The summed E-state index contributed by atoms with van der Waals surface area (Å²) < 4.78 is 0. The van der Waals surface area contributed by atoms with E-state index in [0.717, 1.165) is 77.5 Å². The Balaban J connectivity index is 1.84. The van der Waals surface area contributed by atoms with E-state index < -0.39 is 0 Å². The predicted octanol–water partition coefficient (Wildman–Crippen LogP) is 3.45. The first-order valence-corrected chi connectivity index (χ1v) is 12.3. The average Bonchev–Trinajstić information content (AvgIpc) is 2.71. The Labute approximate surface area is 180 Å². The maximum atomic E-state index is 13.3. The quantitative estimate of drug-likeness (QED) is 0.562. The van der Waals surface area contributed by atoms with E-state index in [4.69, 9.17) is 0 Å². The Morgan fingerprint density at radius 3 is 2.10 bits per heavy atom. The van der Waals surface area contributed by atoms with Gasteiger partial charge in [0.15, 0.2) is 0 Å². The summed E-state index contributed by atoms with van der Waals surface area (Å²) in [6.45, 7) is 20.7. The van der Waals surface area contributed by atoms with E-state index in [1.807, 2.05) is 0 Å². The average molecular weight is 409 g/mol. The highest BCUT2D eigenvalue weighted by Gasteiger charge is 2.31. The van der Waals surface area contributed by atoms with Crippen LogP contribution in [0.2, 0.25) is 0 Å². The van der Waals surface area contributed by atoms with E-state index in [9.17, 15) is 4.79 Å². The van der Waals surface area contributed by atoms with Crippen LogP contribution in [0.5, 0.6) is 0 Å². The van der Waals surface area contributed by atoms with Crippen molar-refractivity contribution >= 4 is 5.91 Å². The Hall–Kier alpha value is -0.650. The van der Waals surface area contributed by atoms with Gasteiger partial charge in [0.25, 0.3) is 0 Å². The third kappa shape index (κ3) is 8.18. The Bertz CT molecular complexity index is 458. The molecule has 2 aliphatic heterocycles. The van der Waals surface area contributed by atoms with Crippen LogP contribution in [-0.4, -0.2) is 85.6 Å². The van der Waals surface area contributed by atoms with E-state index in [0.29, 0.717) is 23.9 Å². The normalized spacial score (nSPS) is 20.3. The highest BCUT2D eigenvalue weighted by molar-refractivity contribution is 5.78. The highest BCUT2D eigenvalue weighted by Crippen LogP contribution is 2.34. The van der Waals surface area contributed by atoms with Gasteiger partial charge in [-0.1, -0.05) is 34.6 Å². The van der Waals surface area contributed by atoms with Crippen molar-refractivity contribution in [1.29, 1.82) is 0 Å². The Morgan fingerprint density at radius 2 is 1.55 bits per heavy atom. The smallest absolute Gasteiger partial charge is 0.236 e. The minimum atomic E-state index is 0.369. The van der Waals surface area contributed by atoms with Crippen molar-refractivity contribution in [3.05, 3.63) is 0 Å². The molecule has 5 nitrogen and oxygen atoms in total. The van der Waals surface area contributed by atoms with Crippen LogP contribution in [0.25, 0.3) is 0 Å². The van der Waals surface area contributed by atoms with Gasteiger partial charge < -0.3 is 15.1 Å². The molecule has 0 aliphatic carbocycles. The summed E-state index contributed by atoms with van der Waals surface area (Å²) in [7, 11) is 0. The number of carbonyl (C=O) groups excluding carboxylic acids is 1. The zero-order valence-corrected chi connectivity index (χ0v) is 20.0. The molecule has 0 atom stereocenters. The maximum Gasteiger partial charge on any atom is 0.236 e. The summed E-state index contributed by atoms with van der Waals surface area (Å²) in [4.78, 5) is 20.4. The van der Waals surface area contributed by atoms with Crippen LogP contribution in [0, 0.1) is 11.3 Å². The number of piperidine rings is 2. The minimum Gasteiger partial charge on any atom is -0.339 e. The molecule has 0 saturated carbocycles. The number of carbonyl (C=O) groups is 1. The summed E-state index contributed by atoms with van der Waals surface area (Å²) in [5.74, 6) is 1.16. The molecule has 2 saturated heterocycles. The number of nitrogens with one attached hydrogen (secondary N) is 1. The van der Waals surface area contributed by atoms with Gasteiger partial charge in [0.05, 0.1) is 6.54 Å². The summed E-state index contributed by atoms with van der Waals surface area (Å²) >= 11 is 0. The van der Waals surface area contributed by atoms with Crippen molar-refractivity contribution in [2.24, 2.45) is 11.3 Å². The standard InChI is InChI=1S/C24H48N4O/c1-6-26(7-2)16-8-9-17-28(22-10-14-25-15-11-22)23(29)20-27-18-12-21(13-19-27)24(3,4)5/h21-22,25H,6-20H2,1-5H3. The lowest BCUT2D eigenvalue weighted by atomic mass is 9.75. The molecule has 0 aromatic carbocycles. The summed E-state index contributed by atoms with van der Waals surface area (Å²) in [5, 5.41) is 3.45. The van der Waals surface area contributed by atoms with Crippen molar-refractivity contribution in [3.8, 4) is 0 Å². The van der Waals surface area contributed by atoms with Crippen molar-refractivity contribution in [2.75, 3.05) is 58.9 Å². The maximum absolute atomic E-state index is 13.3. The van der Waals surface area contributed by atoms with Crippen LogP contribution in [0.4, 0.5) is 0 Å². The second-order valence-corrected chi connectivity index (χ2v) is 10.2. The fourth-order valence-corrected chi connectivity index (χ4v) is 5.03. The van der Waals surface area contributed by atoms with Gasteiger partial charge in [-0.15, -0.1) is 0 Å². The number of amides is 1. The van der Waals surface area contributed by atoms with Gasteiger partial charge in [-0.3, -0.25) is 9.69 Å². The monoisotopic (exact) mass is 408 g/mol. The lowest BCUT2D eigenvalue weighted by Crippen LogP contribution is -2.51. The van der Waals surface area contributed by atoms with Gasteiger partial charge in [0.1, 0.15) is 0 Å². The van der Waals surface area contributed by atoms with Crippen LogP contribution in [-0.2, 0) is 4.79 Å². The van der Waals surface area contributed by atoms with Crippen LogP contribution >= 0.6 is 0 Å². The van der Waals surface area contributed by atoms with Crippen LogP contribution in [0.1, 0.15) is 73.1 Å². The molecule has 2 rings (SSSR count). The van der Waals surface area contributed by atoms with Gasteiger partial charge in [0, 0.05) is 12.6 Å². The summed E-state index contributed by atoms with van der Waals surface area (Å²) in [6, 6.07) is 0.435. The second-order valence-electron chi connectivity index (χ2n) is 10.2. The Morgan fingerprint density at radius 1 is 0.966 bits per heavy atom. The van der Waals surface area contributed by atoms with Crippen molar-refractivity contribution < 1.29 is 4.79 Å². The zero-order valence-electron chi connectivity index (χ0n) is 20.0. The third-order valence-electron chi connectivity index (χ3n) is 7.26. The molecule has 0 unspecified atom stereocenters. The lowest BCUT2D eigenvalue weighted by Gasteiger charge is -2.40. The van der Waals surface area contributed by atoms with E-state index in [1.165, 1.54) is 19.3 Å². The number of hydrogen-bond donors (Lipinski definition) is 1. The number of nitrogens with zero attached hydrogens (tertiary/aromatic N) is 3. The SMILES string of the molecule is CCN(CC)CCCCN(C(=O)CN1CCC(C(C)(C)C)CC1)C1CCNCC1. The van der Waals surface area contributed by atoms with Crippen LogP contribution < -0.4 is 5.32 Å². The summed E-state index contributed by atoms with van der Waals surface area (Å²) in [6.07, 6.45) is 6.98. The van der Waals surface area contributed by atoms with Crippen molar-refractivity contribution in [2.45, 2.75) is 79.2 Å². The molecule has 1 N–H and O–H groups in total. The Kier molecular flexibility index (Phi) is 10.4. The molecule has 29 heavy (non-hydrogen) atoms. The lowest BCUT2D eigenvalue weighted by molar-refractivity contribution is -0.135. The molecule has 2 aliphatic rings. The van der Waals surface area contributed by atoms with E-state index in [1.54, 1.807) is 0 Å². The molecule has 170 valence electrons. The van der Waals surface area contributed by atoms with Gasteiger partial charge >= 0.3 is 0 Å². The van der Waals surface area contributed by atoms with E-state index >= 15 is 0 Å². The molecule has 0 radical (unpaired) electrons. The van der Waals surface area contributed by atoms with Crippen LogP contribution in [0.3, 0.4) is 0 Å². The molecule has 0 spiro atoms. The first-order valence-electron chi connectivity index (χ1n) is 12.3. The molecule has 1 amide bonds. The van der Waals surface area contributed by atoms with E-state index in [-0.39, 0.29) is 0 Å². The molecular weight excluding hydrogens is 360 g/mol. The first kappa shape index (κ1) is 24.6. The topological polar surface area (TPSA) is 38.8 Å². The zero-order chi connectivity index (χ0) is 21.3. The van der Waals surface area contributed by atoms with Gasteiger partial charge in [-0.05, 0) is 95.7 Å². The van der Waals surface area contributed by atoms with E-state index in [2.05, 4.69) is 54.6 Å². The fraction of sp³-hybridized carbons (Fsp3) is 0.958. The highest BCUT2D eigenvalue weighted by atomic mass is 16.2. The van der Waals surface area contributed by atoms with Crippen LogP contribution in [0.15, 0.2) is 0 Å². The van der Waals surface area contributed by atoms with Crippen molar-refractivity contribution in [3.63, 3.8) is 0 Å². The number of unbranched alkanes of at least 4 members (excludes halogenated alkanes) is 1. The predicted molar refractivity (Wildman–Crippen MR) is 123 cm³/mol. The first-order chi connectivity index (χ1) is 13.8. The van der Waals surface area contributed by atoms with Gasteiger partial charge in [-0.2, -0.15) is 0 Å². The second kappa shape index (κ2) is 12.3. The molecule has 0 aromatic heterocycles. The van der Waals surface area contributed by atoms with Crippen molar-refractivity contribution in [1.82, 2.24) is 20.0 Å². The number of rotatable bonds is 10. The van der Waals surface area contributed by atoms with Gasteiger partial charge in [-0.25, -0.2) is 0 Å². The summed E-state index contributed by atoms with van der Waals surface area (Å²) in [5.41, 5.74) is 0.391. The van der Waals surface area contributed by atoms with Gasteiger partial charge in [0.2, 0.25) is 5.91 Å². The molecule has 2 heterocycles. The molecule has 2 fully saturated rings. The molecule has 0 aromatic rings. The molecular formula is C24H48N4O. The largest absolute Gasteiger partial charge is 0.339 e.